The van der Waals surface area contributed by atoms with Crippen LogP contribution in [0.25, 0.3) is 21.9 Å². The Balaban J connectivity index is 1.82. The summed E-state index contributed by atoms with van der Waals surface area (Å²) in [7, 11) is 0. The van der Waals surface area contributed by atoms with E-state index in [0.29, 0.717) is 17.4 Å². The maximum atomic E-state index is 6.47. The summed E-state index contributed by atoms with van der Waals surface area (Å²) in [4.78, 5) is 2.75. The molecule has 6 rings (SSSR count). The van der Waals surface area contributed by atoms with Crippen LogP contribution in [-0.4, -0.2) is 11.6 Å². The van der Waals surface area contributed by atoms with E-state index in [1.165, 1.54) is 34.9 Å². The maximum absolute atomic E-state index is 6.47. The number of benzene rings is 2. The average Bonchev–Trinajstić information content (AvgIpc) is 3.03. The fourth-order valence-corrected chi connectivity index (χ4v) is 6.38. The van der Waals surface area contributed by atoms with Gasteiger partial charge in [-0.3, -0.25) is 0 Å². The lowest BCUT2D eigenvalue weighted by Crippen LogP contribution is -2.72. The quantitative estimate of drug-likeness (QED) is 0.467. The zero-order valence-corrected chi connectivity index (χ0v) is 17.5. The van der Waals surface area contributed by atoms with Crippen LogP contribution in [0.1, 0.15) is 53.0 Å². The highest BCUT2D eigenvalue weighted by molar-refractivity contribution is 6.09. The Bertz CT molecular complexity index is 1050. The number of hydrogen-bond donors (Lipinski definition) is 0. The minimum atomic E-state index is 0.175. The van der Waals surface area contributed by atoms with E-state index in [1.54, 1.807) is 0 Å². The van der Waals surface area contributed by atoms with Crippen LogP contribution in [0.4, 0.5) is 5.69 Å². The smallest absolute Gasteiger partial charge is 0.158 e. The molecule has 3 aliphatic rings. The molecule has 0 N–H and O–H groups in total. The van der Waals surface area contributed by atoms with Crippen molar-refractivity contribution in [3.8, 4) is 0 Å². The molecule has 0 radical (unpaired) electrons. The molecule has 3 fully saturated rings. The first-order chi connectivity index (χ1) is 12.8. The lowest BCUT2D eigenvalue weighted by atomic mass is 9.50. The zero-order chi connectivity index (χ0) is 19.1. The van der Waals surface area contributed by atoms with Crippen molar-refractivity contribution in [1.29, 1.82) is 0 Å². The third kappa shape index (κ3) is 1.97. The maximum Gasteiger partial charge on any atom is 0.158 e. The fraction of sp³-hybridized carbons (Fsp3) is 0.520. The van der Waals surface area contributed by atoms with Crippen molar-refractivity contribution in [3.63, 3.8) is 0 Å². The van der Waals surface area contributed by atoms with Gasteiger partial charge in [0.25, 0.3) is 0 Å². The molecule has 0 amide bonds. The normalized spacial score (nSPS) is 36.1. The topological polar surface area (TPSA) is 16.4 Å². The van der Waals surface area contributed by atoms with E-state index in [9.17, 15) is 0 Å². The fourth-order valence-electron chi connectivity index (χ4n) is 6.38. The summed E-state index contributed by atoms with van der Waals surface area (Å²) in [5.74, 6) is 1.39. The minimum Gasteiger partial charge on any atom is -0.454 e. The highest BCUT2D eigenvalue weighted by Crippen LogP contribution is 2.61. The Labute approximate surface area is 162 Å². The van der Waals surface area contributed by atoms with Crippen LogP contribution < -0.4 is 4.90 Å². The molecule has 27 heavy (non-hydrogen) atoms. The molecular formula is C25H31NO. The van der Waals surface area contributed by atoms with E-state index >= 15 is 0 Å². The molecule has 2 bridgehead atoms. The van der Waals surface area contributed by atoms with Gasteiger partial charge in [0.15, 0.2) is 5.58 Å². The molecule has 1 saturated carbocycles. The van der Waals surface area contributed by atoms with Gasteiger partial charge in [-0.05, 0) is 62.5 Å². The van der Waals surface area contributed by atoms with Gasteiger partial charge in [0.2, 0.25) is 0 Å². The summed E-state index contributed by atoms with van der Waals surface area (Å²) in [6, 6.07) is 13.5. The molecule has 142 valence electrons. The van der Waals surface area contributed by atoms with Crippen molar-refractivity contribution in [2.24, 2.45) is 17.3 Å². The van der Waals surface area contributed by atoms with E-state index in [1.807, 2.05) is 0 Å². The van der Waals surface area contributed by atoms with Crippen LogP contribution in [0, 0.1) is 24.2 Å². The summed E-state index contributed by atoms with van der Waals surface area (Å²) < 4.78 is 6.47. The van der Waals surface area contributed by atoms with E-state index in [4.69, 9.17) is 4.42 Å². The zero-order valence-electron chi connectivity index (χ0n) is 17.5. The lowest BCUT2D eigenvalue weighted by molar-refractivity contribution is -0.0523. The Kier molecular flexibility index (Phi) is 3.37. The number of rotatable bonds is 1. The Morgan fingerprint density at radius 2 is 1.67 bits per heavy atom. The first-order valence-electron chi connectivity index (χ1n) is 10.5. The third-order valence-corrected chi connectivity index (χ3v) is 8.80. The Hall–Kier alpha value is -1.96. The molecule has 3 heterocycles. The van der Waals surface area contributed by atoms with Gasteiger partial charge in [0.05, 0.1) is 5.69 Å². The number of fused-ring (bicyclic) bond motifs is 6. The van der Waals surface area contributed by atoms with Gasteiger partial charge in [-0.25, -0.2) is 0 Å². The highest BCUT2D eigenvalue weighted by atomic mass is 16.3. The van der Waals surface area contributed by atoms with Crippen molar-refractivity contribution in [2.45, 2.75) is 66.0 Å². The molecule has 2 aliphatic heterocycles. The second-order valence-electron chi connectivity index (χ2n) is 9.69. The molecule has 1 aromatic heterocycles. The molecule has 3 aromatic rings. The van der Waals surface area contributed by atoms with Crippen molar-refractivity contribution >= 4 is 27.6 Å². The molecule has 2 saturated heterocycles. The van der Waals surface area contributed by atoms with Crippen LogP contribution >= 0.6 is 0 Å². The van der Waals surface area contributed by atoms with Gasteiger partial charge in [0.1, 0.15) is 5.58 Å². The number of anilines is 1. The van der Waals surface area contributed by atoms with E-state index in [-0.39, 0.29) is 5.54 Å². The number of nitrogens with zero attached hydrogens (tertiary/aromatic N) is 1. The average molecular weight is 362 g/mol. The van der Waals surface area contributed by atoms with Gasteiger partial charge < -0.3 is 9.32 Å². The SMILES string of the molecule is Cc1ccc2c(oc3ccccc32)c1N1C(C)C2(C)CCC1(C)C(C)C2C. The van der Waals surface area contributed by atoms with Gasteiger partial charge in [-0.1, -0.05) is 51.1 Å². The summed E-state index contributed by atoms with van der Waals surface area (Å²) in [5.41, 5.74) is 5.23. The number of furan rings is 1. The van der Waals surface area contributed by atoms with E-state index in [2.05, 4.69) is 82.8 Å². The molecule has 5 atom stereocenters. The van der Waals surface area contributed by atoms with Crippen molar-refractivity contribution < 1.29 is 4.42 Å². The van der Waals surface area contributed by atoms with Gasteiger partial charge in [0, 0.05) is 22.4 Å². The number of para-hydroxylation sites is 1. The Morgan fingerprint density at radius 3 is 2.44 bits per heavy atom. The Morgan fingerprint density at radius 1 is 0.926 bits per heavy atom. The van der Waals surface area contributed by atoms with Crippen LogP contribution in [0.3, 0.4) is 0 Å². The third-order valence-electron chi connectivity index (χ3n) is 8.80. The summed E-state index contributed by atoms with van der Waals surface area (Å²) in [6.45, 7) is 14.6. The first-order valence-corrected chi connectivity index (χ1v) is 10.5. The molecular weight excluding hydrogens is 330 g/mol. The number of piperidine rings is 2. The van der Waals surface area contributed by atoms with Crippen molar-refractivity contribution in [2.75, 3.05) is 4.90 Å². The largest absolute Gasteiger partial charge is 0.454 e. The standard InChI is InChI=1S/C25H31NO/c1-15-11-12-20-19-9-7-8-10-21(19)27-23(20)22(15)26-18(4)24(5)13-14-25(26,6)17(3)16(24)2/h7-12,16-18H,13-14H2,1-6H3. The predicted molar refractivity (Wildman–Crippen MR) is 114 cm³/mol. The monoisotopic (exact) mass is 361 g/mol. The van der Waals surface area contributed by atoms with Crippen molar-refractivity contribution in [3.05, 3.63) is 42.0 Å². The number of hydrogen-bond acceptors (Lipinski definition) is 2. The summed E-state index contributed by atoms with van der Waals surface area (Å²) >= 11 is 0. The molecule has 2 aromatic carbocycles. The highest BCUT2D eigenvalue weighted by Gasteiger charge is 2.60. The van der Waals surface area contributed by atoms with E-state index in [0.717, 1.165) is 17.1 Å². The second-order valence-corrected chi connectivity index (χ2v) is 9.69. The molecule has 0 spiro atoms. The van der Waals surface area contributed by atoms with Crippen LogP contribution in [0.5, 0.6) is 0 Å². The molecule has 2 nitrogen and oxygen atoms in total. The van der Waals surface area contributed by atoms with Crippen molar-refractivity contribution in [1.82, 2.24) is 0 Å². The first kappa shape index (κ1) is 17.2. The van der Waals surface area contributed by atoms with Crippen LogP contribution in [0.15, 0.2) is 40.8 Å². The molecule has 1 aliphatic carbocycles. The second kappa shape index (κ2) is 5.31. The van der Waals surface area contributed by atoms with Gasteiger partial charge in [-0.15, -0.1) is 0 Å². The van der Waals surface area contributed by atoms with Gasteiger partial charge >= 0.3 is 0 Å². The summed E-state index contributed by atoms with van der Waals surface area (Å²) in [6.07, 6.45) is 2.58. The minimum absolute atomic E-state index is 0.175. The number of aryl methyl sites for hydroxylation is 1. The lowest BCUT2D eigenvalue weighted by Gasteiger charge is -2.68. The van der Waals surface area contributed by atoms with Crippen LogP contribution in [-0.2, 0) is 0 Å². The molecule has 2 heteroatoms. The van der Waals surface area contributed by atoms with E-state index < -0.39 is 0 Å². The predicted octanol–water partition coefficient (Wildman–Crippen LogP) is 6.93. The van der Waals surface area contributed by atoms with Crippen LogP contribution in [0.2, 0.25) is 0 Å². The summed E-state index contributed by atoms with van der Waals surface area (Å²) in [5, 5.41) is 2.47. The van der Waals surface area contributed by atoms with Gasteiger partial charge in [-0.2, -0.15) is 0 Å². The molecule has 5 unspecified atom stereocenters.